The Morgan fingerprint density at radius 1 is 1.35 bits per heavy atom. The molecule has 1 aromatic rings. The quantitative estimate of drug-likeness (QED) is 0.897. The second-order valence-electron chi connectivity index (χ2n) is 5.00. The number of benzene rings is 1. The predicted molar refractivity (Wildman–Crippen MR) is 69.0 cm³/mol. The summed E-state index contributed by atoms with van der Waals surface area (Å²) in [6.07, 6.45) is -2.57. The second kappa shape index (κ2) is 5.83. The topological polar surface area (TPSA) is 41.1 Å². The van der Waals surface area contributed by atoms with Gasteiger partial charge in [-0.2, -0.15) is 13.2 Å². The van der Waals surface area contributed by atoms with Crippen LogP contribution in [0.25, 0.3) is 0 Å². The van der Waals surface area contributed by atoms with Gasteiger partial charge in [0, 0.05) is 0 Å². The van der Waals surface area contributed by atoms with Gasteiger partial charge in [0.2, 0.25) is 5.91 Å². The van der Waals surface area contributed by atoms with Gasteiger partial charge in [-0.25, -0.2) is 0 Å². The van der Waals surface area contributed by atoms with Crippen LogP contribution in [0.15, 0.2) is 24.3 Å². The van der Waals surface area contributed by atoms with Crippen LogP contribution in [0.4, 0.5) is 13.2 Å². The van der Waals surface area contributed by atoms with E-state index in [0.717, 1.165) is 31.5 Å². The Labute approximate surface area is 115 Å². The maximum absolute atomic E-state index is 12.5. The lowest BCUT2D eigenvalue weighted by Gasteiger charge is -2.18. The molecular weight excluding hydrogens is 269 g/mol. The molecule has 0 aliphatic carbocycles. The van der Waals surface area contributed by atoms with E-state index in [9.17, 15) is 18.0 Å². The van der Waals surface area contributed by atoms with Crippen molar-refractivity contribution in [3.05, 3.63) is 35.4 Å². The van der Waals surface area contributed by atoms with Crippen LogP contribution in [0.2, 0.25) is 0 Å². The fourth-order valence-corrected chi connectivity index (χ4v) is 2.27. The molecule has 0 spiro atoms. The molecule has 0 bridgehead atoms. The highest BCUT2D eigenvalue weighted by Gasteiger charge is 2.30. The van der Waals surface area contributed by atoms with Crippen molar-refractivity contribution in [3.8, 4) is 0 Å². The van der Waals surface area contributed by atoms with Crippen LogP contribution in [0.3, 0.4) is 0 Å². The van der Waals surface area contributed by atoms with E-state index in [0.29, 0.717) is 5.56 Å². The number of hydrogen-bond donors (Lipinski definition) is 2. The smallest absolute Gasteiger partial charge is 0.348 e. The van der Waals surface area contributed by atoms with Crippen LogP contribution in [0.5, 0.6) is 0 Å². The molecule has 1 amide bonds. The molecule has 0 aromatic heterocycles. The molecule has 1 fully saturated rings. The van der Waals surface area contributed by atoms with Crippen LogP contribution in [0.1, 0.15) is 36.9 Å². The zero-order valence-corrected chi connectivity index (χ0v) is 11.1. The first-order chi connectivity index (χ1) is 9.38. The number of halogens is 3. The lowest BCUT2D eigenvalue weighted by atomic mass is 10.1. The number of hydrogen-bond acceptors (Lipinski definition) is 2. The summed E-state index contributed by atoms with van der Waals surface area (Å²) in [5, 5.41) is 5.90. The molecule has 2 atom stereocenters. The number of carbonyl (C=O) groups is 1. The number of nitrogens with one attached hydrogen (secondary N) is 2. The zero-order valence-electron chi connectivity index (χ0n) is 11.1. The molecule has 1 aliphatic heterocycles. The Morgan fingerprint density at radius 2 is 2.00 bits per heavy atom. The Balaban J connectivity index is 1.98. The molecule has 0 saturated carbocycles. The fraction of sp³-hybridized carbons (Fsp3) is 0.500. The van der Waals surface area contributed by atoms with Gasteiger partial charge in [0.25, 0.3) is 0 Å². The van der Waals surface area contributed by atoms with E-state index in [1.54, 1.807) is 6.92 Å². The summed E-state index contributed by atoms with van der Waals surface area (Å²) < 4.78 is 37.4. The summed E-state index contributed by atoms with van der Waals surface area (Å²) in [6, 6.07) is 4.36. The summed E-state index contributed by atoms with van der Waals surface area (Å²) in [6.45, 7) is 2.59. The third-order valence-corrected chi connectivity index (χ3v) is 3.47. The van der Waals surface area contributed by atoms with E-state index < -0.39 is 11.7 Å². The van der Waals surface area contributed by atoms with Gasteiger partial charge in [0.05, 0.1) is 17.6 Å². The molecule has 1 saturated heterocycles. The van der Waals surface area contributed by atoms with E-state index in [4.69, 9.17) is 0 Å². The number of rotatable bonds is 3. The predicted octanol–water partition coefficient (Wildman–Crippen LogP) is 2.63. The third-order valence-electron chi connectivity index (χ3n) is 3.47. The van der Waals surface area contributed by atoms with E-state index in [1.165, 1.54) is 12.1 Å². The molecule has 1 unspecified atom stereocenters. The fourth-order valence-electron chi connectivity index (χ4n) is 2.27. The van der Waals surface area contributed by atoms with Crippen LogP contribution in [-0.4, -0.2) is 18.5 Å². The van der Waals surface area contributed by atoms with Crippen molar-refractivity contribution in [1.82, 2.24) is 10.6 Å². The average molecular weight is 286 g/mol. The molecule has 20 heavy (non-hydrogen) atoms. The van der Waals surface area contributed by atoms with Crippen LogP contribution in [0, 0.1) is 0 Å². The van der Waals surface area contributed by atoms with E-state index >= 15 is 0 Å². The van der Waals surface area contributed by atoms with Crippen molar-refractivity contribution >= 4 is 5.91 Å². The molecule has 1 heterocycles. The van der Waals surface area contributed by atoms with Gasteiger partial charge in [-0.3, -0.25) is 4.79 Å². The number of carbonyl (C=O) groups excluding carboxylic acids is 1. The Kier molecular flexibility index (Phi) is 4.32. The van der Waals surface area contributed by atoms with Gasteiger partial charge in [0.1, 0.15) is 0 Å². The Bertz CT molecular complexity index is 464. The van der Waals surface area contributed by atoms with Gasteiger partial charge in [-0.05, 0) is 44.0 Å². The molecule has 0 radical (unpaired) electrons. The monoisotopic (exact) mass is 286 g/mol. The van der Waals surface area contributed by atoms with Crippen molar-refractivity contribution in [2.24, 2.45) is 0 Å². The highest BCUT2D eigenvalue weighted by molar-refractivity contribution is 5.82. The standard InChI is InChI=1S/C14H17F3N2O/c1-9(19-13(20)12-3-2-8-18-12)10-4-6-11(7-5-10)14(15,16)17/h4-7,9,12,18H,2-3,8H2,1H3,(H,19,20)/t9-,12?/m1/s1. The van der Waals surface area contributed by atoms with E-state index in [-0.39, 0.29) is 18.0 Å². The maximum Gasteiger partial charge on any atom is 0.416 e. The summed E-state index contributed by atoms with van der Waals surface area (Å²) in [7, 11) is 0. The van der Waals surface area contributed by atoms with Gasteiger partial charge in [0.15, 0.2) is 0 Å². The lowest BCUT2D eigenvalue weighted by molar-refractivity contribution is -0.137. The molecule has 1 aromatic carbocycles. The van der Waals surface area contributed by atoms with Crippen molar-refractivity contribution in [1.29, 1.82) is 0 Å². The molecule has 1 aliphatic rings. The minimum absolute atomic E-state index is 0.102. The normalized spacial score (nSPS) is 20.7. The van der Waals surface area contributed by atoms with Crippen molar-refractivity contribution < 1.29 is 18.0 Å². The minimum Gasteiger partial charge on any atom is -0.348 e. The van der Waals surface area contributed by atoms with Crippen LogP contribution in [-0.2, 0) is 11.0 Å². The minimum atomic E-state index is -4.33. The van der Waals surface area contributed by atoms with Gasteiger partial charge < -0.3 is 10.6 Å². The van der Waals surface area contributed by atoms with Crippen LogP contribution < -0.4 is 10.6 Å². The lowest BCUT2D eigenvalue weighted by Crippen LogP contribution is -2.41. The highest BCUT2D eigenvalue weighted by atomic mass is 19.4. The third kappa shape index (κ3) is 3.50. The maximum atomic E-state index is 12.5. The van der Waals surface area contributed by atoms with E-state index in [2.05, 4.69) is 10.6 Å². The van der Waals surface area contributed by atoms with Crippen molar-refractivity contribution in [3.63, 3.8) is 0 Å². The Hall–Kier alpha value is -1.56. The average Bonchev–Trinajstić information content (AvgIpc) is 2.91. The molecule has 2 N–H and O–H groups in total. The first kappa shape index (κ1) is 14.8. The first-order valence-electron chi connectivity index (χ1n) is 6.59. The zero-order chi connectivity index (χ0) is 14.8. The molecular formula is C14H17F3N2O. The van der Waals surface area contributed by atoms with Crippen molar-refractivity contribution in [2.45, 2.75) is 38.0 Å². The van der Waals surface area contributed by atoms with Crippen molar-refractivity contribution in [2.75, 3.05) is 6.54 Å². The van der Waals surface area contributed by atoms with Gasteiger partial charge in [-0.15, -0.1) is 0 Å². The van der Waals surface area contributed by atoms with Crippen LogP contribution >= 0.6 is 0 Å². The molecule has 3 nitrogen and oxygen atoms in total. The molecule has 6 heteroatoms. The molecule has 2 rings (SSSR count). The van der Waals surface area contributed by atoms with Gasteiger partial charge >= 0.3 is 6.18 Å². The summed E-state index contributed by atoms with van der Waals surface area (Å²) in [4.78, 5) is 11.9. The van der Waals surface area contributed by atoms with E-state index in [1.807, 2.05) is 0 Å². The SMILES string of the molecule is C[C@@H](NC(=O)C1CCCN1)c1ccc(C(F)(F)F)cc1. The summed E-state index contributed by atoms with van der Waals surface area (Å²) in [5.74, 6) is -0.102. The second-order valence-corrected chi connectivity index (χ2v) is 5.00. The first-order valence-corrected chi connectivity index (χ1v) is 6.59. The number of amides is 1. The largest absolute Gasteiger partial charge is 0.416 e. The summed E-state index contributed by atoms with van der Waals surface area (Å²) in [5.41, 5.74) is -0.0263. The molecule has 110 valence electrons. The summed E-state index contributed by atoms with van der Waals surface area (Å²) >= 11 is 0. The van der Waals surface area contributed by atoms with Gasteiger partial charge in [-0.1, -0.05) is 12.1 Å². The number of alkyl halides is 3. The Morgan fingerprint density at radius 3 is 2.50 bits per heavy atom. The highest BCUT2D eigenvalue weighted by Crippen LogP contribution is 2.29.